The van der Waals surface area contributed by atoms with Crippen LogP contribution in [-0.4, -0.2) is 10.5 Å². The van der Waals surface area contributed by atoms with E-state index < -0.39 is 0 Å². The van der Waals surface area contributed by atoms with Crippen LogP contribution in [0.1, 0.15) is 16.1 Å². The standard InChI is InChI=1S/C14H17N3O2S/c1-8-5-4-6-11(15)13(8)16-12(18)7-17-9(2)10(3)20-14(17)19/h4-6H,7,15H2,1-3H3,(H,16,18). The van der Waals surface area contributed by atoms with Crippen molar-refractivity contribution in [2.24, 2.45) is 0 Å². The number of anilines is 2. The summed E-state index contributed by atoms with van der Waals surface area (Å²) in [4.78, 5) is 24.6. The van der Waals surface area contributed by atoms with Crippen molar-refractivity contribution in [3.05, 3.63) is 44.0 Å². The Morgan fingerprint density at radius 2 is 2.05 bits per heavy atom. The first-order valence-corrected chi connectivity index (χ1v) is 7.03. The number of carbonyl (C=O) groups is 1. The molecule has 0 aliphatic heterocycles. The molecule has 0 radical (unpaired) electrons. The van der Waals surface area contributed by atoms with Crippen molar-refractivity contribution in [2.75, 3.05) is 11.1 Å². The molecule has 0 saturated carbocycles. The van der Waals surface area contributed by atoms with E-state index in [2.05, 4.69) is 5.32 Å². The van der Waals surface area contributed by atoms with Crippen molar-refractivity contribution >= 4 is 28.6 Å². The summed E-state index contributed by atoms with van der Waals surface area (Å²) >= 11 is 1.15. The third-order valence-corrected chi connectivity index (χ3v) is 4.24. The smallest absolute Gasteiger partial charge is 0.308 e. The Hall–Kier alpha value is -2.08. The lowest BCUT2D eigenvalue weighted by Gasteiger charge is -2.11. The summed E-state index contributed by atoms with van der Waals surface area (Å²) in [5, 5.41) is 2.77. The van der Waals surface area contributed by atoms with Crippen LogP contribution in [0.5, 0.6) is 0 Å². The van der Waals surface area contributed by atoms with Crippen LogP contribution in [0.25, 0.3) is 0 Å². The van der Waals surface area contributed by atoms with Gasteiger partial charge in [0.25, 0.3) is 0 Å². The molecular formula is C14H17N3O2S. The normalized spacial score (nSPS) is 10.6. The van der Waals surface area contributed by atoms with Gasteiger partial charge >= 0.3 is 4.87 Å². The van der Waals surface area contributed by atoms with Crippen molar-refractivity contribution < 1.29 is 4.79 Å². The van der Waals surface area contributed by atoms with Crippen LogP contribution in [0, 0.1) is 20.8 Å². The van der Waals surface area contributed by atoms with E-state index in [1.165, 1.54) is 4.57 Å². The average molecular weight is 291 g/mol. The van der Waals surface area contributed by atoms with E-state index in [-0.39, 0.29) is 17.3 Å². The molecule has 0 atom stereocenters. The molecule has 5 nitrogen and oxygen atoms in total. The zero-order chi connectivity index (χ0) is 14.9. The topological polar surface area (TPSA) is 77.1 Å². The Morgan fingerprint density at radius 3 is 2.60 bits per heavy atom. The molecule has 1 heterocycles. The zero-order valence-corrected chi connectivity index (χ0v) is 12.5. The maximum atomic E-state index is 12.1. The van der Waals surface area contributed by atoms with Crippen molar-refractivity contribution in [3.8, 4) is 0 Å². The lowest BCUT2D eigenvalue weighted by Crippen LogP contribution is -2.25. The highest BCUT2D eigenvalue weighted by atomic mass is 32.1. The predicted octanol–water partition coefficient (Wildman–Crippen LogP) is 2.06. The minimum Gasteiger partial charge on any atom is -0.397 e. The number of aromatic nitrogens is 1. The fourth-order valence-corrected chi connectivity index (χ4v) is 2.79. The van der Waals surface area contributed by atoms with Crippen molar-refractivity contribution in [3.63, 3.8) is 0 Å². The lowest BCUT2D eigenvalue weighted by molar-refractivity contribution is -0.116. The van der Waals surface area contributed by atoms with Gasteiger partial charge in [-0.3, -0.25) is 14.2 Å². The van der Waals surface area contributed by atoms with Crippen LogP contribution in [0.2, 0.25) is 0 Å². The van der Waals surface area contributed by atoms with Crippen molar-refractivity contribution in [1.29, 1.82) is 0 Å². The summed E-state index contributed by atoms with van der Waals surface area (Å²) in [6, 6.07) is 5.43. The quantitative estimate of drug-likeness (QED) is 0.850. The van der Waals surface area contributed by atoms with Gasteiger partial charge in [-0.25, -0.2) is 0 Å². The van der Waals surface area contributed by atoms with E-state index in [4.69, 9.17) is 5.73 Å². The summed E-state index contributed by atoms with van der Waals surface area (Å²) in [7, 11) is 0. The Balaban J connectivity index is 2.20. The molecule has 0 unspecified atom stereocenters. The minimum atomic E-state index is -0.256. The largest absolute Gasteiger partial charge is 0.397 e. The average Bonchev–Trinajstić information content (AvgIpc) is 2.61. The highest BCUT2D eigenvalue weighted by Gasteiger charge is 2.13. The summed E-state index contributed by atoms with van der Waals surface area (Å²) in [6.07, 6.45) is 0. The summed E-state index contributed by atoms with van der Waals surface area (Å²) in [5.74, 6) is -0.256. The fraction of sp³-hybridized carbons (Fsp3) is 0.286. The van der Waals surface area contributed by atoms with E-state index in [1.54, 1.807) is 6.07 Å². The minimum absolute atomic E-state index is 0.00276. The number of nitrogens with one attached hydrogen (secondary N) is 1. The maximum absolute atomic E-state index is 12.1. The highest BCUT2D eigenvalue weighted by molar-refractivity contribution is 7.09. The molecule has 20 heavy (non-hydrogen) atoms. The maximum Gasteiger partial charge on any atom is 0.308 e. The highest BCUT2D eigenvalue weighted by Crippen LogP contribution is 2.22. The number of carbonyl (C=O) groups excluding carboxylic acids is 1. The van der Waals surface area contributed by atoms with Crippen LogP contribution in [-0.2, 0) is 11.3 Å². The Bertz CT molecular complexity index is 695. The molecule has 2 rings (SSSR count). The number of rotatable bonds is 3. The number of hydrogen-bond acceptors (Lipinski definition) is 4. The second kappa shape index (κ2) is 5.50. The van der Waals surface area contributed by atoms with Gasteiger partial charge in [-0.1, -0.05) is 23.5 Å². The molecule has 1 aromatic heterocycles. The lowest BCUT2D eigenvalue weighted by atomic mass is 10.1. The van der Waals surface area contributed by atoms with Gasteiger partial charge in [0, 0.05) is 10.6 Å². The molecule has 3 N–H and O–H groups in total. The third-order valence-electron chi connectivity index (χ3n) is 3.25. The molecule has 0 aliphatic rings. The summed E-state index contributed by atoms with van der Waals surface area (Å²) < 4.78 is 1.48. The van der Waals surface area contributed by atoms with E-state index in [1.807, 2.05) is 32.9 Å². The number of thiazole rings is 1. The van der Waals surface area contributed by atoms with Gasteiger partial charge in [0.2, 0.25) is 5.91 Å². The molecule has 0 bridgehead atoms. The molecule has 2 aromatic rings. The van der Waals surface area contributed by atoms with E-state index in [0.29, 0.717) is 11.4 Å². The van der Waals surface area contributed by atoms with Gasteiger partial charge < -0.3 is 11.1 Å². The number of amides is 1. The zero-order valence-electron chi connectivity index (χ0n) is 11.7. The number of benzene rings is 1. The summed E-state index contributed by atoms with van der Waals surface area (Å²) in [5.41, 5.74) is 8.69. The van der Waals surface area contributed by atoms with Crippen LogP contribution in [0.4, 0.5) is 11.4 Å². The van der Waals surface area contributed by atoms with Crippen LogP contribution < -0.4 is 15.9 Å². The Labute approximate surface area is 121 Å². The SMILES string of the molecule is Cc1cccc(N)c1NC(=O)Cn1c(C)c(C)sc1=O. The first-order valence-electron chi connectivity index (χ1n) is 6.22. The molecule has 6 heteroatoms. The van der Waals surface area contributed by atoms with E-state index in [9.17, 15) is 9.59 Å². The van der Waals surface area contributed by atoms with Gasteiger partial charge in [-0.15, -0.1) is 0 Å². The second-order valence-electron chi connectivity index (χ2n) is 4.68. The molecule has 106 valence electrons. The van der Waals surface area contributed by atoms with Gasteiger partial charge in [0.05, 0.1) is 11.4 Å². The first kappa shape index (κ1) is 14.3. The second-order valence-corrected chi connectivity index (χ2v) is 5.85. The summed E-state index contributed by atoms with van der Waals surface area (Å²) in [6.45, 7) is 5.58. The number of hydrogen-bond donors (Lipinski definition) is 2. The number of para-hydroxylation sites is 1. The molecular weight excluding hydrogens is 274 g/mol. The van der Waals surface area contributed by atoms with Crippen molar-refractivity contribution in [2.45, 2.75) is 27.3 Å². The van der Waals surface area contributed by atoms with E-state index >= 15 is 0 Å². The molecule has 1 aromatic carbocycles. The molecule has 1 amide bonds. The fourth-order valence-electron chi connectivity index (χ4n) is 1.95. The number of nitrogens with zero attached hydrogens (tertiary/aromatic N) is 1. The third kappa shape index (κ3) is 2.75. The van der Waals surface area contributed by atoms with Crippen LogP contribution >= 0.6 is 11.3 Å². The number of aryl methyl sites for hydroxylation is 2. The predicted molar refractivity (Wildman–Crippen MR) is 82.3 cm³/mol. The van der Waals surface area contributed by atoms with Gasteiger partial charge in [-0.05, 0) is 32.4 Å². The molecule has 0 saturated heterocycles. The van der Waals surface area contributed by atoms with Gasteiger partial charge in [0.1, 0.15) is 6.54 Å². The monoisotopic (exact) mass is 291 g/mol. The van der Waals surface area contributed by atoms with Gasteiger partial charge in [0.15, 0.2) is 0 Å². The van der Waals surface area contributed by atoms with Gasteiger partial charge in [-0.2, -0.15) is 0 Å². The Kier molecular flexibility index (Phi) is 3.94. The van der Waals surface area contributed by atoms with Crippen LogP contribution in [0.3, 0.4) is 0 Å². The molecule has 0 spiro atoms. The van der Waals surface area contributed by atoms with Crippen molar-refractivity contribution in [1.82, 2.24) is 4.57 Å². The Morgan fingerprint density at radius 1 is 1.35 bits per heavy atom. The number of nitrogen functional groups attached to an aromatic ring is 1. The van der Waals surface area contributed by atoms with Crippen LogP contribution in [0.15, 0.2) is 23.0 Å². The number of nitrogens with two attached hydrogens (primary N) is 1. The molecule has 0 aliphatic carbocycles. The van der Waals surface area contributed by atoms with E-state index in [0.717, 1.165) is 27.5 Å². The first-order chi connectivity index (χ1) is 9.40. The molecule has 0 fully saturated rings.